The van der Waals surface area contributed by atoms with Gasteiger partial charge in [0, 0.05) is 48.4 Å². The molecule has 1 amide bonds. The lowest BCUT2D eigenvalue weighted by Crippen LogP contribution is -2.30. The van der Waals surface area contributed by atoms with Crippen LogP contribution in [0.4, 0.5) is 0 Å². The third-order valence-electron chi connectivity index (χ3n) is 5.25. The average molecular weight is 393 g/mol. The molecule has 7 heteroatoms. The van der Waals surface area contributed by atoms with Crippen LogP contribution in [0.3, 0.4) is 0 Å². The number of benzene rings is 1. The number of aryl methyl sites for hydroxylation is 1. The minimum absolute atomic E-state index is 0.135. The molecule has 7 nitrogen and oxygen atoms in total. The molecular weight excluding hydrogens is 366 g/mol. The molecule has 1 unspecified atom stereocenters. The van der Waals surface area contributed by atoms with Gasteiger partial charge in [-0.1, -0.05) is 19.1 Å². The van der Waals surface area contributed by atoms with Crippen molar-refractivity contribution in [2.24, 2.45) is 0 Å². The monoisotopic (exact) mass is 393 g/mol. The van der Waals surface area contributed by atoms with E-state index < -0.39 is 0 Å². The summed E-state index contributed by atoms with van der Waals surface area (Å²) in [5.41, 5.74) is 5.50. The van der Waals surface area contributed by atoms with Crippen molar-refractivity contribution in [1.29, 1.82) is 0 Å². The first-order valence-electron chi connectivity index (χ1n) is 10.1. The zero-order valence-electron chi connectivity index (χ0n) is 17.3. The van der Waals surface area contributed by atoms with E-state index in [1.54, 1.807) is 6.26 Å². The Bertz CT molecular complexity index is 1020. The number of hydrogen-bond donors (Lipinski definition) is 2. The Morgan fingerprint density at radius 2 is 2.10 bits per heavy atom. The molecule has 1 aliphatic heterocycles. The van der Waals surface area contributed by atoms with Gasteiger partial charge in [0.15, 0.2) is 5.69 Å². The number of oxazole rings is 1. The third kappa shape index (κ3) is 3.82. The van der Waals surface area contributed by atoms with Crippen LogP contribution < -0.4 is 10.6 Å². The topological polar surface area (TPSA) is 85.0 Å². The average Bonchev–Trinajstić information content (AvgIpc) is 3.31. The maximum absolute atomic E-state index is 12.9. The second-order valence-electron chi connectivity index (χ2n) is 7.96. The zero-order valence-corrected chi connectivity index (χ0v) is 17.3. The molecule has 1 aromatic carbocycles. The van der Waals surface area contributed by atoms with Crippen LogP contribution >= 0.6 is 0 Å². The number of hydrogen-bond acceptors (Lipinski definition) is 5. The van der Waals surface area contributed by atoms with Crippen molar-refractivity contribution < 1.29 is 9.21 Å². The smallest absolute Gasteiger partial charge is 0.272 e. The molecular formula is C22H27N5O2. The molecule has 0 radical (unpaired) electrons. The number of aromatic nitrogens is 3. The number of rotatable bonds is 5. The van der Waals surface area contributed by atoms with Crippen molar-refractivity contribution in [1.82, 2.24) is 25.4 Å². The van der Waals surface area contributed by atoms with E-state index >= 15 is 0 Å². The predicted octanol–water partition coefficient (Wildman–Crippen LogP) is 3.56. The van der Waals surface area contributed by atoms with E-state index in [-0.39, 0.29) is 11.9 Å². The number of fused-ring (bicyclic) bond motifs is 1. The Balaban J connectivity index is 1.48. The van der Waals surface area contributed by atoms with E-state index in [1.165, 1.54) is 5.69 Å². The SMILES string of the molecule is Cc1coc(-c2ccc(CNC(=O)c3nn(C(C)C)c4c3CNCC4C)cc2)n1. The van der Waals surface area contributed by atoms with Crippen molar-refractivity contribution in [2.75, 3.05) is 6.54 Å². The van der Waals surface area contributed by atoms with Crippen molar-refractivity contribution in [3.8, 4) is 11.5 Å². The number of carbonyl (C=O) groups is 1. The summed E-state index contributed by atoms with van der Waals surface area (Å²) >= 11 is 0. The highest BCUT2D eigenvalue weighted by Gasteiger charge is 2.29. The summed E-state index contributed by atoms with van der Waals surface area (Å²) in [4.78, 5) is 17.2. The summed E-state index contributed by atoms with van der Waals surface area (Å²) in [7, 11) is 0. The molecule has 0 spiro atoms. The minimum Gasteiger partial charge on any atom is -0.444 e. The molecule has 0 fully saturated rings. The van der Waals surface area contributed by atoms with Gasteiger partial charge in [0.05, 0.1) is 5.69 Å². The maximum Gasteiger partial charge on any atom is 0.272 e. The van der Waals surface area contributed by atoms with E-state index in [9.17, 15) is 4.79 Å². The van der Waals surface area contributed by atoms with Crippen molar-refractivity contribution in [2.45, 2.75) is 52.7 Å². The number of amides is 1. The summed E-state index contributed by atoms with van der Waals surface area (Å²) in [6.07, 6.45) is 1.64. The number of carbonyl (C=O) groups excluding carboxylic acids is 1. The molecule has 29 heavy (non-hydrogen) atoms. The highest BCUT2D eigenvalue weighted by Crippen LogP contribution is 2.29. The fourth-order valence-electron chi connectivity index (χ4n) is 3.78. The molecule has 0 saturated carbocycles. The molecule has 1 aliphatic rings. The standard InChI is InChI=1S/C22H27N5O2/c1-13(2)27-20-14(3)9-23-11-18(20)19(26-27)21(28)24-10-16-5-7-17(8-6-16)22-25-15(4)12-29-22/h5-8,12-14,23H,9-11H2,1-4H3,(H,24,28). The number of nitrogens with one attached hydrogen (secondary N) is 2. The van der Waals surface area contributed by atoms with Gasteiger partial charge in [-0.05, 0) is 38.5 Å². The van der Waals surface area contributed by atoms with E-state index in [0.717, 1.165) is 28.9 Å². The van der Waals surface area contributed by atoms with Crippen LogP contribution in [0, 0.1) is 6.92 Å². The van der Waals surface area contributed by atoms with Crippen molar-refractivity contribution >= 4 is 5.91 Å². The van der Waals surface area contributed by atoms with Gasteiger partial charge in [0.25, 0.3) is 5.91 Å². The van der Waals surface area contributed by atoms with Crippen LogP contribution in [0.5, 0.6) is 0 Å². The Morgan fingerprint density at radius 1 is 1.34 bits per heavy atom. The summed E-state index contributed by atoms with van der Waals surface area (Å²) in [6, 6.07) is 8.07. The van der Waals surface area contributed by atoms with Crippen LogP contribution in [-0.4, -0.2) is 27.2 Å². The first-order chi connectivity index (χ1) is 13.9. The van der Waals surface area contributed by atoms with E-state index in [2.05, 4.69) is 41.5 Å². The van der Waals surface area contributed by atoms with Gasteiger partial charge < -0.3 is 15.1 Å². The van der Waals surface area contributed by atoms with Crippen molar-refractivity contribution in [3.05, 3.63) is 58.7 Å². The summed E-state index contributed by atoms with van der Waals surface area (Å²) in [5.74, 6) is 0.802. The third-order valence-corrected chi connectivity index (χ3v) is 5.25. The lowest BCUT2D eigenvalue weighted by molar-refractivity contribution is 0.0944. The van der Waals surface area contributed by atoms with E-state index in [4.69, 9.17) is 4.42 Å². The van der Waals surface area contributed by atoms with Crippen LogP contribution in [-0.2, 0) is 13.1 Å². The van der Waals surface area contributed by atoms with E-state index in [0.29, 0.717) is 30.6 Å². The zero-order chi connectivity index (χ0) is 20.5. The summed E-state index contributed by atoms with van der Waals surface area (Å²) < 4.78 is 7.43. The van der Waals surface area contributed by atoms with Crippen LogP contribution in [0.1, 0.15) is 65.7 Å². The quantitative estimate of drug-likeness (QED) is 0.692. The molecule has 0 aliphatic carbocycles. The molecule has 0 saturated heterocycles. The van der Waals surface area contributed by atoms with Gasteiger partial charge in [-0.25, -0.2) is 4.98 Å². The van der Waals surface area contributed by atoms with Gasteiger partial charge in [0.2, 0.25) is 5.89 Å². The Kier molecular flexibility index (Phi) is 5.24. The summed E-state index contributed by atoms with van der Waals surface area (Å²) in [6.45, 7) is 10.3. The molecule has 2 aromatic heterocycles. The highest BCUT2D eigenvalue weighted by atomic mass is 16.3. The molecule has 3 heterocycles. The number of nitrogens with zero attached hydrogens (tertiary/aromatic N) is 3. The molecule has 3 aromatic rings. The largest absolute Gasteiger partial charge is 0.444 e. The fraction of sp³-hybridized carbons (Fsp3) is 0.409. The molecule has 2 N–H and O–H groups in total. The van der Waals surface area contributed by atoms with Crippen LogP contribution in [0.15, 0.2) is 34.9 Å². The predicted molar refractivity (Wildman–Crippen MR) is 111 cm³/mol. The normalized spacial score (nSPS) is 16.1. The maximum atomic E-state index is 12.9. The lowest BCUT2D eigenvalue weighted by Gasteiger charge is -2.23. The van der Waals surface area contributed by atoms with Crippen LogP contribution in [0.25, 0.3) is 11.5 Å². The first-order valence-corrected chi connectivity index (χ1v) is 10.1. The van der Waals surface area contributed by atoms with Gasteiger partial charge in [-0.3, -0.25) is 9.48 Å². The molecule has 1 atom stereocenters. The Labute approximate surface area is 170 Å². The second kappa shape index (κ2) is 7.83. The second-order valence-corrected chi connectivity index (χ2v) is 7.96. The Hall–Kier alpha value is -2.93. The lowest BCUT2D eigenvalue weighted by atomic mass is 9.97. The highest BCUT2D eigenvalue weighted by molar-refractivity contribution is 5.94. The van der Waals surface area contributed by atoms with Gasteiger partial charge >= 0.3 is 0 Å². The molecule has 0 bridgehead atoms. The summed E-state index contributed by atoms with van der Waals surface area (Å²) in [5, 5.41) is 11.1. The molecule has 152 valence electrons. The van der Waals surface area contributed by atoms with Crippen molar-refractivity contribution in [3.63, 3.8) is 0 Å². The van der Waals surface area contributed by atoms with Gasteiger partial charge in [0.1, 0.15) is 6.26 Å². The first kappa shape index (κ1) is 19.4. The Morgan fingerprint density at radius 3 is 2.76 bits per heavy atom. The molecule has 4 rings (SSSR count). The van der Waals surface area contributed by atoms with Crippen LogP contribution in [0.2, 0.25) is 0 Å². The fourth-order valence-corrected chi connectivity index (χ4v) is 3.78. The van der Waals surface area contributed by atoms with Gasteiger partial charge in [-0.15, -0.1) is 0 Å². The minimum atomic E-state index is -0.135. The van der Waals surface area contributed by atoms with Gasteiger partial charge in [-0.2, -0.15) is 5.10 Å². The van der Waals surface area contributed by atoms with E-state index in [1.807, 2.05) is 35.9 Å².